The Balaban J connectivity index is 1.93. The molecule has 5 nitrogen and oxygen atoms in total. The van der Waals surface area contributed by atoms with E-state index in [2.05, 4.69) is 41.7 Å². The van der Waals surface area contributed by atoms with Crippen LogP contribution < -0.4 is 5.32 Å². The highest BCUT2D eigenvalue weighted by atomic mass is 16.6. The maximum absolute atomic E-state index is 12.5. The second-order valence-electron chi connectivity index (χ2n) is 8.59. The van der Waals surface area contributed by atoms with E-state index in [1.54, 1.807) is 27.7 Å². The van der Waals surface area contributed by atoms with Gasteiger partial charge in [0.1, 0.15) is 11.3 Å². The molecule has 0 bridgehead atoms. The van der Waals surface area contributed by atoms with Gasteiger partial charge in [-0.25, -0.2) is 9.59 Å². The van der Waals surface area contributed by atoms with Crippen molar-refractivity contribution in [2.24, 2.45) is 0 Å². The summed E-state index contributed by atoms with van der Waals surface area (Å²) in [4.78, 5) is 24.9. The Labute approximate surface area is 181 Å². The number of amides is 1. The number of carbonyl (C=O) groups excluding carboxylic acids is 2. The molecule has 0 heterocycles. The Morgan fingerprint density at radius 3 is 2.03 bits per heavy atom. The van der Waals surface area contributed by atoms with Crippen molar-refractivity contribution in [3.63, 3.8) is 0 Å². The molecule has 0 radical (unpaired) electrons. The Morgan fingerprint density at radius 1 is 0.839 bits per heavy atom. The Morgan fingerprint density at radius 2 is 1.42 bits per heavy atom. The standard InChI is InChI=1S/C26H25NO4/c1-15(23(24(28)30-5)27-25(29)31-26(2,3)4)19-13-11-18-10-9-16-7-6-8-17-12-14-20(19)22(18)21(16)17/h6-14H,1-5H3,(H,27,29)/b23-15+. The van der Waals surface area contributed by atoms with Crippen molar-refractivity contribution in [2.75, 3.05) is 7.11 Å². The van der Waals surface area contributed by atoms with Gasteiger partial charge < -0.3 is 9.47 Å². The van der Waals surface area contributed by atoms with E-state index in [0.717, 1.165) is 32.5 Å². The van der Waals surface area contributed by atoms with Gasteiger partial charge in [0.2, 0.25) is 0 Å². The molecule has 0 atom stereocenters. The fourth-order valence-electron chi connectivity index (χ4n) is 4.00. The van der Waals surface area contributed by atoms with E-state index in [9.17, 15) is 9.59 Å². The molecular formula is C26H25NO4. The molecular weight excluding hydrogens is 390 g/mol. The van der Waals surface area contributed by atoms with Gasteiger partial charge in [-0.2, -0.15) is 0 Å². The molecule has 1 N–H and O–H groups in total. The van der Waals surface area contributed by atoms with Gasteiger partial charge in [-0.3, -0.25) is 5.32 Å². The number of esters is 1. The van der Waals surface area contributed by atoms with Gasteiger partial charge >= 0.3 is 12.1 Å². The zero-order chi connectivity index (χ0) is 22.3. The fourth-order valence-corrected chi connectivity index (χ4v) is 4.00. The minimum absolute atomic E-state index is 0.0618. The van der Waals surface area contributed by atoms with Gasteiger partial charge in [0, 0.05) is 0 Å². The lowest BCUT2D eigenvalue weighted by Crippen LogP contribution is -2.35. The topological polar surface area (TPSA) is 64.6 Å². The largest absolute Gasteiger partial charge is 0.464 e. The van der Waals surface area contributed by atoms with Gasteiger partial charge in [-0.15, -0.1) is 0 Å². The zero-order valence-electron chi connectivity index (χ0n) is 18.3. The minimum Gasteiger partial charge on any atom is -0.464 e. The van der Waals surface area contributed by atoms with Crippen LogP contribution in [0.15, 0.2) is 60.3 Å². The Hall–Kier alpha value is -3.60. The molecule has 5 heteroatoms. The molecule has 0 aromatic heterocycles. The summed E-state index contributed by atoms with van der Waals surface area (Å²) in [5, 5.41) is 9.36. The second-order valence-corrected chi connectivity index (χ2v) is 8.59. The highest BCUT2D eigenvalue weighted by Gasteiger charge is 2.23. The van der Waals surface area contributed by atoms with Crippen LogP contribution in [0.5, 0.6) is 0 Å². The number of hydrogen-bond acceptors (Lipinski definition) is 4. The van der Waals surface area contributed by atoms with E-state index >= 15 is 0 Å². The molecule has 0 unspecified atom stereocenters. The molecule has 0 aliphatic rings. The molecule has 158 valence electrons. The monoisotopic (exact) mass is 415 g/mol. The SMILES string of the molecule is COC(=O)/C(NC(=O)OC(C)(C)C)=C(/C)c1ccc2ccc3cccc4ccc1c2c34. The predicted octanol–water partition coefficient (Wildman–Crippen LogP) is 6.01. The summed E-state index contributed by atoms with van der Waals surface area (Å²) in [5.41, 5.74) is 0.830. The van der Waals surface area contributed by atoms with Gasteiger partial charge in [0.15, 0.2) is 0 Å². The van der Waals surface area contributed by atoms with Crippen molar-refractivity contribution in [1.82, 2.24) is 5.32 Å². The first kappa shape index (κ1) is 20.7. The van der Waals surface area contributed by atoms with Gasteiger partial charge in [-0.05, 0) is 71.1 Å². The quantitative estimate of drug-likeness (QED) is 0.253. The van der Waals surface area contributed by atoms with E-state index in [-0.39, 0.29) is 5.70 Å². The fraction of sp³-hybridized carbons (Fsp3) is 0.231. The molecule has 0 fully saturated rings. The van der Waals surface area contributed by atoms with Gasteiger partial charge in [-0.1, -0.05) is 54.6 Å². The van der Waals surface area contributed by atoms with Crippen LogP contribution in [0.2, 0.25) is 0 Å². The molecule has 4 aromatic rings. The number of rotatable bonds is 3. The molecule has 4 aromatic carbocycles. The number of benzene rings is 4. The van der Waals surface area contributed by atoms with Crippen LogP contribution in [0.1, 0.15) is 33.3 Å². The molecule has 0 spiro atoms. The molecule has 0 saturated heterocycles. The first-order valence-corrected chi connectivity index (χ1v) is 10.2. The van der Waals surface area contributed by atoms with Crippen molar-refractivity contribution in [2.45, 2.75) is 33.3 Å². The first-order chi connectivity index (χ1) is 14.7. The third-order valence-electron chi connectivity index (χ3n) is 5.32. The van der Waals surface area contributed by atoms with Gasteiger partial charge in [0.05, 0.1) is 7.11 Å². The van der Waals surface area contributed by atoms with Crippen LogP contribution in [0.3, 0.4) is 0 Å². The molecule has 1 amide bonds. The maximum atomic E-state index is 12.5. The van der Waals surface area contributed by atoms with Crippen molar-refractivity contribution in [1.29, 1.82) is 0 Å². The third kappa shape index (κ3) is 3.79. The summed E-state index contributed by atoms with van der Waals surface area (Å²) in [7, 11) is 1.29. The van der Waals surface area contributed by atoms with Crippen LogP contribution in [-0.4, -0.2) is 24.8 Å². The lowest BCUT2D eigenvalue weighted by atomic mass is 9.89. The summed E-state index contributed by atoms with van der Waals surface area (Å²) in [6.07, 6.45) is -0.704. The van der Waals surface area contributed by atoms with E-state index in [0.29, 0.717) is 5.57 Å². The summed E-state index contributed by atoms with van der Waals surface area (Å²) in [6.45, 7) is 7.10. The summed E-state index contributed by atoms with van der Waals surface area (Å²) in [6, 6.07) is 18.6. The normalized spacial score (nSPS) is 12.8. The molecule has 0 aliphatic carbocycles. The lowest BCUT2D eigenvalue weighted by molar-refractivity contribution is -0.136. The van der Waals surface area contributed by atoms with E-state index in [1.165, 1.54) is 12.5 Å². The smallest absolute Gasteiger partial charge is 0.412 e. The predicted molar refractivity (Wildman–Crippen MR) is 124 cm³/mol. The average Bonchev–Trinajstić information content (AvgIpc) is 2.73. The van der Waals surface area contributed by atoms with Gasteiger partial charge in [0.25, 0.3) is 0 Å². The molecule has 4 rings (SSSR count). The molecule has 0 aliphatic heterocycles. The van der Waals surface area contributed by atoms with Crippen LogP contribution in [-0.2, 0) is 14.3 Å². The van der Waals surface area contributed by atoms with Crippen molar-refractivity contribution in [3.05, 3.63) is 65.9 Å². The van der Waals surface area contributed by atoms with Crippen LogP contribution in [0, 0.1) is 0 Å². The van der Waals surface area contributed by atoms with E-state index < -0.39 is 17.7 Å². The minimum atomic E-state index is -0.704. The highest BCUT2D eigenvalue weighted by molar-refractivity contribution is 6.24. The van der Waals surface area contributed by atoms with Crippen molar-refractivity contribution >= 4 is 50.0 Å². The molecule has 0 saturated carbocycles. The number of methoxy groups -OCH3 is 1. The number of hydrogen-bond donors (Lipinski definition) is 1. The van der Waals surface area contributed by atoms with Crippen molar-refractivity contribution in [3.8, 4) is 0 Å². The third-order valence-corrected chi connectivity index (χ3v) is 5.32. The van der Waals surface area contributed by atoms with Crippen LogP contribution in [0.4, 0.5) is 4.79 Å². The number of allylic oxidation sites excluding steroid dienone is 1. The molecule has 31 heavy (non-hydrogen) atoms. The Bertz CT molecular complexity index is 1330. The summed E-state index contributed by atoms with van der Waals surface area (Å²) < 4.78 is 10.3. The lowest BCUT2D eigenvalue weighted by Gasteiger charge is -2.21. The highest BCUT2D eigenvalue weighted by Crippen LogP contribution is 2.38. The van der Waals surface area contributed by atoms with E-state index in [4.69, 9.17) is 9.47 Å². The number of carbonyl (C=O) groups is 2. The van der Waals surface area contributed by atoms with Crippen LogP contribution >= 0.6 is 0 Å². The zero-order valence-corrected chi connectivity index (χ0v) is 18.3. The average molecular weight is 415 g/mol. The summed E-state index contributed by atoms with van der Waals surface area (Å²) in [5.74, 6) is -0.631. The van der Waals surface area contributed by atoms with Crippen LogP contribution in [0.25, 0.3) is 37.9 Å². The van der Waals surface area contributed by atoms with Crippen molar-refractivity contribution < 1.29 is 19.1 Å². The number of nitrogens with one attached hydrogen (secondary N) is 1. The maximum Gasteiger partial charge on any atom is 0.412 e. The summed E-state index contributed by atoms with van der Waals surface area (Å²) >= 11 is 0. The first-order valence-electron chi connectivity index (χ1n) is 10.2. The second kappa shape index (κ2) is 7.58. The number of alkyl carbamates (subject to hydrolysis) is 1. The Kier molecular flexibility index (Phi) is 5.05. The number of ether oxygens (including phenoxy) is 2. The van der Waals surface area contributed by atoms with E-state index in [1.807, 2.05) is 18.2 Å².